The van der Waals surface area contributed by atoms with Gasteiger partial charge in [-0.05, 0) is 19.8 Å². The molecule has 1 aliphatic rings. The van der Waals surface area contributed by atoms with Crippen LogP contribution in [-0.4, -0.2) is 28.5 Å². The number of anilines is 1. The fourth-order valence-corrected chi connectivity index (χ4v) is 2.31. The molecule has 2 heterocycles. The fourth-order valence-electron chi connectivity index (χ4n) is 1.60. The van der Waals surface area contributed by atoms with Crippen molar-refractivity contribution in [3.63, 3.8) is 0 Å². The van der Waals surface area contributed by atoms with Crippen LogP contribution in [0.5, 0.6) is 0 Å². The summed E-state index contributed by atoms with van der Waals surface area (Å²) < 4.78 is 4.16. The van der Waals surface area contributed by atoms with E-state index in [0.717, 1.165) is 30.5 Å². The summed E-state index contributed by atoms with van der Waals surface area (Å²) in [4.78, 5) is 6.58. The summed E-state index contributed by atoms with van der Waals surface area (Å²) in [6, 6.07) is 0.304. The molecule has 72 valence electrons. The minimum atomic E-state index is 0.304. The van der Waals surface area contributed by atoms with E-state index in [1.807, 2.05) is 6.92 Å². The first kappa shape index (κ1) is 8.90. The third-order valence-corrected chi connectivity index (χ3v) is 3.11. The third-order valence-electron chi connectivity index (χ3n) is 2.25. The number of piperidine rings is 1. The summed E-state index contributed by atoms with van der Waals surface area (Å²) >= 11 is 1.47. The number of nitrogens with zero attached hydrogens (tertiary/aromatic N) is 3. The molecule has 2 rings (SSSR count). The predicted octanol–water partition coefficient (Wildman–Crippen LogP) is 0.774. The standard InChI is InChI=1S/C8H14N4S/c1-6-10-8(13-11-6)12-4-2-3-7(9)5-12/h7H,2-5,9H2,1H3/t7-/m1/s1. The molecule has 0 spiro atoms. The Kier molecular flexibility index (Phi) is 2.46. The number of hydrogen-bond donors (Lipinski definition) is 1. The minimum absolute atomic E-state index is 0.304. The maximum absolute atomic E-state index is 5.88. The van der Waals surface area contributed by atoms with E-state index in [1.54, 1.807) is 0 Å². The Balaban J connectivity index is 2.08. The predicted molar refractivity (Wildman–Crippen MR) is 54.1 cm³/mol. The van der Waals surface area contributed by atoms with E-state index in [9.17, 15) is 0 Å². The Morgan fingerprint density at radius 1 is 1.62 bits per heavy atom. The van der Waals surface area contributed by atoms with Gasteiger partial charge in [0.2, 0.25) is 5.13 Å². The monoisotopic (exact) mass is 198 g/mol. The van der Waals surface area contributed by atoms with E-state index in [4.69, 9.17) is 5.73 Å². The molecule has 1 aromatic heterocycles. The van der Waals surface area contributed by atoms with Crippen LogP contribution in [0.3, 0.4) is 0 Å². The molecule has 1 fully saturated rings. The molecule has 2 N–H and O–H groups in total. The van der Waals surface area contributed by atoms with Crippen LogP contribution in [0, 0.1) is 6.92 Å². The molecular formula is C8H14N4S. The van der Waals surface area contributed by atoms with Crippen molar-refractivity contribution < 1.29 is 0 Å². The van der Waals surface area contributed by atoms with Crippen LogP contribution < -0.4 is 10.6 Å². The van der Waals surface area contributed by atoms with Crippen molar-refractivity contribution in [2.24, 2.45) is 5.73 Å². The molecule has 0 aromatic carbocycles. The van der Waals surface area contributed by atoms with Crippen molar-refractivity contribution in [1.29, 1.82) is 0 Å². The van der Waals surface area contributed by atoms with Gasteiger partial charge in [0, 0.05) is 30.7 Å². The molecule has 0 bridgehead atoms. The first-order valence-corrected chi connectivity index (χ1v) is 5.34. The number of nitrogens with two attached hydrogens (primary N) is 1. The summed E-state index contributed by atoms with van der Waals surface area (Å²) in [5.74, 6) is 0.860. The summed E-state index contributed by atoms with van der Waals surface area (Å²) in [5, 5.41) is 1.02. The molecule has 1 aliphatic heterocycles. The van der Waals surface area contributed by atoms with Crippen LogP contribution in [0.25, 0.3) is 0 Å². The topological polar surface area (TPSA) is 55.0 Å². The van der Waals surface area contributed by atoms with Crippen LogP contribution in [0.4, 0.5) is 5.13 Å². The highest BCUT2D eigenvalue weighted by atomic mass is 32.1. The quantitative estimate of drug-likeness (QED) is 0.724. The van der Waals surface area contributed by atoms with Gasteiger partial charge >= 0.3 is 0 Å². The highest BCUT2D eigenvalue weighted by molar-refractivity contribution is 7.09. The Bertz CT molecular complexity index is 285. The van der Waals surface area contributed by atoms with Gasteiger partial charge in [-0.3, -0.25) is 0 Å². The van der Waals surface area contributed by atoms with E-state index in [2.05, 4.69) is 14.3 Å². The molecule has 4 nitrogen and oxygen atoms in total. The van der Waals surface area contributed by atoms with Gasteiger partial charge in [-0.15, -0.1) is 0 Å². The van der Waals surface area contributed by atoms with Crippen LogP contribution in [0.15, 0.2) is 0 Å². The van der Waals surface area contributed by atoms with Gasteiger partial charge in [0.25, 0.3) is 0 Å². The minimum Gasteiger partial charge on any atom is -0.345 e. The van der Waals surface area contributed by atoms with Gasteiger partial charge in [-0.1, -0.05) is 0 Å². The molecule has 0 amide bonds. The van der Waals surface area contributed by atoms with Crippen molar-refractivity contribution in [3.8, 4) is 0 Å². The Hall–Kier alpha value is -0.680. The van der Waals surface area contributed by atoms with Gasteiger partial charge in [0.1, 0.15) is 5.82 Å². The van der Waals surface area contributed by atoms with Crippen molar-refractivity contribution in [2.45, 2.75) is 25.8 Å². The maximum atomic E-state index is 5.88. The number of aryl methyl sites for hydroxylation is 1. The molecule has 1 aromatic rings. The highest BCUT2D eigenvalue weighted by Crippen LogP contribution is 2.20. The van der Waals surface area contributed by atoms with Crippen LogP contribution in [0.2, 0.25) is 0 Å². The number of aromatic nitrogens is 2. The molecule has 1 atom stereocenters. The molecule has 1 saturated heterocycles. The van der Waals surface area contributed by atoms with Gasteiger partial charge in [-0.25, -0.2) is 4.98 Å². The normalized spacial score (nSPS) is 23.5. The summed E-state index contributed by atoms with van der Waals surface area (Å²) in [6.07, 6.45) is 2.30. The van der Waals surface area contributed by atoms with Crippen LogP contribution in [-0.2, 0) is 0 Å². The lowest BCUT2D eigenvalue weighted by atomic mass is 10.1. The summed E-state index contributed by atoms with van der Waals surface area (Å²) in [6.45, 7) is 3.92. The van der Waals surface area contributed by atoms with Crippen molar-refractivity contribution >= 4 is 16.7 Å². The lowest BCUT2D eigenvalue weighted by molar-refractivity contribution is 0.505. The third kappa shape index (κ3) is 1.97. The van der Waals surface area contributed by atoms with Gasteiger partial charge < -0.3 is 10.6 Å². The highest BCUT2D eigenvalue weighted by Gasteiger charge is 2.19. The molecule has 0 radical (unpaired) electrons. The first-order chi connectivity index (χ1) is 6.25. The first-order valence-electron chi connectivity index (χ1n) is 4.56. The second-order valence-corrected chi connectivity index (χ2v) is 4.20. The summed E-state index contributed by atoms with van der Waals surface area (Å²) in [5.41, 5.74) is 5.88. The van der Waals surface area contributed by atoms with E-state index in [0.29, 0.717) is 6.04 Å². The van der Waals surface area contributed by atoms with Gasteiger partial charge in [-0.2, -0.15) is 4.37 Å². The maximum Gasteiger partial charge on any atom is 0.205 e. The molecule has 0 aliphatic carbocycles. The zero-order valence-electron chi connectivity index (χ0n) is 7.73. The average Bonchev–Trinajstić information content (AvgIpc) is 2.52. The lowest BCUT2D eigenvalue weighted by Gasteiger charge is -2.29. The second kappa shape index (κ2) is 3.59. The average molecular weight is 198 g/mol. The zero-order valence-corrected chi connectivity index (χ0v) is 8.55. The fraction of sp³-hybridized carbons (Fsp3) is 0.750. The summed E-state index contributed by atoms with van der Waals surface area (Å²) in [7, 11) is 0. The molecular weight excluding hydrogens is 184 g/mol. The number of rotatable bonds is 1. The van der Waals surface area contributed by atoms with Crippen molar-refractivity contribution in [3.05, 3.63) is 5.82 Å². The smallest absolute Gasteiger partial charge is 0.205 e. The van der Waals surface area contributed by atoms with E-state index in [1.165, 1.54) is 18.0 Å². The molecule has 0 unspecified atom stereocenters. The molecule has 13 heavy (non-hydrogen) atoms. The van der Waals surface area contributed by atoms with E-state index in [-0.39, 0.29) is 0 Å². The van der Waals surface area contributed by atoms with E-state index < -0.39 is 0 Å². The van der Waals surface area contributed by atoms with Crippen LogP contribution in [0.1, 0.15) is 18.7 Å². The zero-order chi connectivity index (χ0) is 9.26. The second-order valence-electron chi connectivity index (χ2n) is 3.47. The Morgan fingerprint density at radius 2 is 2.46 bits per heavy atom. The van der Waals surface area contributed by atoms with Crippen molar-refractivity contribution in [1.82, 2.24) is 9.36 Å². The number of hydrogen-bond acceptors (Lipinski definition) is 5. The van der Waals surface area contributed by atoms with Crippen LogP contribution >= 0.6 is 11.5 Å². The van der Waals surface area contributed by atoms with Crippen molar-refractivity contribution in [2.75, 3.05) is 18.0 Å². The molecule has 0 saturated carbocycles. The largest absolute Gasteiger partial charge is 0.345 e. The van der Waals surface area contributed by atoms with Gasteiger partial charge in [0.15, 0.2) is 0 Å². The SMILES string of the molecule is Cc1nsc(N2CCC[C@@H](N)C2)n1. The Labute approximate surface area is 81.9 Å². The van der Waals surface area contributed by atoms with Gasteiger partial charge in [0.05, 0.1) is 0 Å². The Morgan fingerprint density at radius 3 is 3.08 bits per heavy atom. The van der Waals surface area contributed by atoms with E-state index >= 15 is 0 Å². The lowest BCUT2D eigenvalue weighted by Crippen LogP contribution is -2.42. The molecule has 5 heteroatoms.